The van der Waals surface area contributed by atoms with Gasteiger partial charge in [-0.15, -0.1) is 0 Å². The molecule has 0 radical (unpaired) electrons. The molecule has 0 bridgehead atoms. The quantitative estimate of drug-likeness (QED) is 0.621. The van der Waals surface area contributed by atoms with Gasteiger partial charge in [0.1, 0.15) is 12.2 Å². The molecule has 0 N–H and O–H groups in total. The minimum Gasteiger partial charge on any atom is -0.462 e. The largest absolute Gasteiger partial charge is 0.462 e. The van der Waals surface area contributed by atoms with Gasteiger partial charge in [-0.2, -0.15) is 0 Å². The third-order valence-corrected chi connectivity index (χ3v) is 3.98. The van der Waals surface area contributed by atoms with Gasteiger partial charge in [0, 0.05) is 0 Å². The van der Waals surface area contributed by atoms with Crippen LogP contribution in [-0.4, -0.2) is 24.8 Å². The zero-order chi connectivity index (χ0) is 12.4. The number of fused-ring (bicyclic) bond motifs is 1. The van der Waals surface area contributed by atoms with Crippen molar-refractivity contribution in [2.75, 3.05) is 6.61 Å². The molecule has 5 heteroatoms. The SMILES string of the molecule is O=C(OCC1C[C@@H]2OSO[C@@H]2C1)c1ccccc1. The summed E-state index contributed by atoms with van der Waals surface area (Å²) in [6.45, 7) is 0.443. The molecule has 1 saturated heterocycles. The molecule has 4 nitrogen and oxygen atoms in total. The Kier molecular flexibility index (Phi) is 3.54. The number of rotatable bonds is 3. The van der Waals surface area contributed by atoms with E-state index in [1.165, 1.54) is 0 Å². The minimum absolute atomic E-state index is 0.162. The first-order valence-corrected chi connectivity index (χ1v) is 6.70. The lowest BCUT2D eigenvalue weighted by atomic mass is 10.1. The molecule has 1 aromatic rings. The molecular formula is C13H14O4S. The molecule has 1 unspecified atom stereocenters. The van der Waals surface area contributed by atoms with Gasteiger partial charge >= 0.3 is 5.97 Å². The first kappa shape index (κ1) is 12.0. The van der Waals surface area contributed by atoms with Crippen LogP contribution in [0.3, 0.4) is 0 Å². The van der Waals surface area contributed by atoms with Crippen LogP contribution in [0.4, 0.5) is 0 Å². The Morgan fingerprint density at radius 2 is 1.89 bits per heavy atom. The molecule has 96 valence electrons. The monoisotopic (exact) mass is 266 g/mol. The van der Waals surface area contributed by atoms with Crippen LogP contribution in [0.15, 0.2) is 30.3 Å². The molecule has 1 saturated carbocycles. The van der Waals surface area contributed by atoms with Gasteiger partial charge in [-0.05, 0) is 30.9 Å². The van der Waals surface area contributed by atoms with E-state index in [4.69, 9.17) is 13.1 Å². The highest BCUT2D eigenvalue weighted by Crippen LogP contribution is 2.40. The van der Waals surface area contributed by atoms with E-state index < -0.39 is 0 Å². The second-order valence-electron chi connectivity index (χ2n) is 4.64. The fourth-order valence-electron chi connectivity index (χ4n) is 2.37. The van der Waals surface area contributed by atoms with Crippen LogP contribution in [0.2, 0.25) is 0 Å². The number of hydrogen-bond donors (Lipinski definition) is 0. The van der Waals surface area contributed by atoms with E-state index in [0.29, 0.717) is 18.1 Å². The predicted octanol–water partition coefficient (Wildman–Crippen LogP) is 2.60. The highest BCUT2D eigenvalue weighted by Gasteiger charge is 2.41. The van der Waals surface area contributed by atoms with Crippen LogP contribution >= 0.6 is 12.3 Å². The van der Waals surface area contributed by atoms with Crippen LogP contribution in [-0.2, 0) is 13.1 Å². The highest BCUT2D eigenvalue weighted by atomic mass is 32.2. The molecule has 1 aliphatic heterocycles. The van der Waals surface area contributed by atoms with Gasteiger partial charge < -0.3 is 4.74 Å². The van der Waals surface area contributed by atoms with Crippen LogP contribution in [0, 0.1) is 5.92 Å². The lowest BCUT2D eigenvalue weighted by Crippen LogP contribution is -2.13. The van der Waals surface area contributed by atoms with E-state index in [1.807, 2.05) is 18.2 Å². The van der Waals surface area contributed by atoms with Crippen LogP contribution in [0.25, 0.3) is 0 Å². The Balaban J connectivity index is 1.49. The van der Waals surface area contributed by atoms with Crippen molar-refractivity contribution in [1.82, 2.24) is 0 Å². The molecule has 2 aliphatic rings. The first-order chi connectivity index (χ1) is 8.83. The second-order valence-corrected chi connectivity index (χ2v) is 5.16. The lowest BCUT2D eigenvalue weighted by Gasteiger charge is -2.11. The third kappa shape index (κ3) is 2.53. The molecule has 3 atom stereocenters. The fourth-order valence-corrected chi connectivity index (χ4v) is 3.02. The van der Waals surface area contributed by atoms with Crippen molar-refractivity contribution >= 4 is 18.3 Å². The number of carbonyl (C=O) groups excluding carboxylic acids is 1. The van der Waals surface area contributed by atoms with E-state index in [1.54, 1.807) is 12.1 Å². The molecule has 1 heterocycles. The molecule has 0 amide bonds. The molecule has 0 spiro atoms. The third-order valence-electron chi connectivity index (χ3n) is 3.33. The van der Waals surface area contributed by atoms with E-state index >= 15 is 0 Å². The molecule has 2 fully saturated rings. The number of esters is 1. The second kappa shape index (κ2) is 5.30. The van der Waals surface area contributed by atoms with Crippen LogP contribution < -0.4 is 0 Å². The predicted molar refractivity (Wildman–Crippen MR) is 66.8 cm³/mol. The van der Waals surface area contributed by atoms with Crippen molar-refractivity contribution in [3.8, 4) is 0 Å². The normalized spacial score (nSPS) is 30.1. The van der Waals surface area contributed by atoms with Crippen molar-refractivity contribution in [3.63, 3.8) is 0 Å². The summed E-state index contributed by atoms with van der Waals surface area (Å²) in [7, 11) is 0. The molecule has 1 aromatic carbocycles. The Labute approximate surface area is 110 Å². The number of hydrogen-bond acceptors (Lipinski definition) is 5. The van der Waals surface area contributed by atoms with E-state index in [2.05, 4.69) is 0 Å². The zero-order valence-electron chi connectivity index (χ0n) is 9.78. The summed E-state index contributed by atoms with van der Waals surface area (Å²) in [5, 5.41) is 0. The maximum Gasteiger partial charge on any atom is 0.338 e. The number of benzene rings is 1. The summed E-state index contributed by atoms with van der Waals surface area (Å²) in [4.78, 5) is 11.8. The summed E-state index contributed by atoms with van der Waals surface area (Å²) in [6, 6.07) is 9.05. The molecular weight excluding hydrogens is 252 g/mol. The highest BCUT2D eigenvalue weighted by molar-refractivity contribution is 7.90. The summed E-state index contributed by atoms with van der Waals surface area (Å²) >= 11 is 1.08. The maximum absolute atomic E-state index is 11.8. The van der Waals surface area contributed by atoms with Crippen molar-refractivity contribution < 1.29 is 17.9 Å². The van der Waals surface area contributed by atoms with Gasteiger partial charge in [0.05, 0.1) is 12.2 Å². The van der Waals surface area contributed by atoms with E-state index in [9.17, 15) is 4.79 Å². The van der Waals surface area contributed by atoms with E-state index in [-0.39, 0.29) is 18.2 Å². The van der Waals surface area contributed by atoms with Gasteiger partial charge in [0.25, 0.3) is 0 Å². The maximum atomic E-state index is 11.8. The van der Waals surface area contributed by atoms with Crippen molar-refractivity contribution in [2.45, 2.75) is 25.0 Å². The number of ether oxygens (including phenoxy) is 1. The number of carbonyl (C=O) groups is 1. The van der Waals surface area contributed by atoms with Crippen LogP contribution in [0.1, 0.15) is 23.2 Å². The molecule has 1 aliphatic carbocycles. The average Bonchev–Trinajstić information content (AvgIpc) is 2.97. The van der Waals surface area contributed by atoms with Crippen molar-refractivity contribution in [3.05, 3.63) is 35.9 Å². The Morgan fingerprint density at radius 3 is 2.56 bits per heavy atom. The van der Waals surface area contributed by atoms with E-state index in [0.717, 1.165) is 25.2 Å². The molecule has 18 heavy (non-hydrogen) atoms. The molecule has 3 rings (SSSR count). The van der Waals surface area contributed by atoms with Gasteiger partial charge in [-0.1, -0.05) is 18.2 Å². The summed E-state index contributed by atoms with van der Waals surface area (Å²) in [5.41, 5.74) is 0.596. The van der Waals surface area contributed by atoms with Crippen molar-refractivity contribution in [1.29, 1.82) is 0 Å². The fraction of sp³-hybridized carbons (Fsp3) is 0.462. The van der Waals surface area contributed by atoms with Gasteiger partial charge in [0.15, 0.2) is 12.3 Å². The summed E-state index contributed by atoms with van der Waals surface area (Å²) < 4.78 is 16.0. The zero-order valence-corrected chi connectivity index (χ0v) is 10.6. The topological polar surface area (TPSA) is 44.8 Å². The smallest absolute Gasteiger partial charge is 0.338 e. The minimum atomic E-state index is -0.260. The Bertz CT molecular complexity index is 410. The van der Waals surface area contributed by atoms with Gasteiger partial charge in [-0.25, -0.2) is 4.79 Å². The summed E-state index contributed by atoms with van der Waals surface area (Å²) in [5.74, 6) is 0.0810. The van der Waals surface area contributed by atoms with Gasteiger partial charge in [-0.3, -0.25) is 8.37 Å². The summed E-state index contributed by atoms with van der Waals surface area (Å²) in [6.07, 6.45) is 2.13. The first-order valence-electron chi connectivity index (χ1n) is 6.04. The van der Waals surface area contributed by atoms with Crippen molar-refractivity contribution in [2.24, 2.45) is 5.92 Å². The Hall–Kier alpha value is -1.04. The lowest BCUT2D eigenvalue weighted by molar-refractivity contribution is 0.0431. The van der Waals surface area contributed by atoms with Gasteiger partial charge in [0.2, 0.25) is 0 Å². The average molecular weight is 266 g/mol. The molecule has 0 aromatic heterocycles. The Morgan fingerprint density at radius 1 is 1.22 bits per heavy atom. The van der Waals surface area contributed by atoms with Crippen LogP contribution in [0.5, 0.6) is 0 Å². The standard InChI is InChI=1S/C13H14O4S/c14-13(10-4-2-1-3-5-10)15-8-9-6-11-12(7-9)17-18-16-11/h1-5,9,11-12H,6-8H2/t9?,11-,12+.